The predicted octanol–water partition coefficient (Wildman–Crippen LogP) is -5.02. The molecular weight excluding hydrogens is 208 g/mol. The number of hydrogen-bond donors (Lipinski definition) is 6. The van der Waals surface area contributed by atoms with Crippen LogP contribution in [0, 0.1) is 0 Å². The molecule has 8 heteroatoms. The van der Waals surface area contributed by atoms with Crippen LogP contribution in [-0.4, -0.2) is 23.3 Å². The fourth-order valence-corrected chi connectivity index (χ4v) is 1.34. The van der Waals surface area contributed by atoms with E-state index in [1.165, 1.54) is 0 Å². The highest BCUT2D eigenvalue weighted by atomic mass is 15.3. The number of hydrogen-bond acceptors (Lipinski definition) is 2. The van der Waals surface area contributed by atoms with Crippen LogP contribution >= 0.6 is 0 Å². The Morgan fingerprint density at radius 3 is 1.31 bits per heavy atom. The minimum atomic E-state index is 0.0964. The number of nitrogens with one attached hydrogen (secondary N) is 2. The summed E-state index contributed by atoms with van der Waals surface area (Å²) in [6.45, 7) is 0. The molecule has 1 aliphatic rings. The molecule has 0 aliphatic heterocycles. The molecule has 0 amide bonds. The zero-order chi connectivity index (χ0) is 12.0. The Labute approximate surface area is 93.2 Å². The lowest BCUT2D eigenvalue weighted by molar-refractivity contribution is -0.465. The summed E-state index contributed by atoms with van der Waals surface area (Å²) in [6.07, 6.45) is 3.30. The van der Waals surface area contributed by atoms with Gasteiger partial charge < -0.3 is 0 Å². The lowest BCUT2D eigenvalue weighted by Gasteiger charge is -2.11. The molecule has 0 radical (unpaired) electrons. The number of rotatable bonds is 2. The van der Waals surface area contributed by atoms with Crippen LogP contribution in [-0.2, 0) is 0 Å². The Hall–Kier alpha value is -2.12. The van der Waals surface area contributed by atoms with Crippen molar-refractivity contribution in [2.45, 2.75) is 25.7 Å². The molecule has 0 bridgehead atoms. The van der Waals surface area contributed by atoms with Crippen LogP contribution in [0.1, 0.15) is 25.7 Å². The van der Waals surface area contributed by atoms with E-state index in [9.17, 15) is 0 Å². The summed E-state index contributed by atoms with van der Waals surface area (Å²) in [5.74, 6) is 0.193. The average Bonchev–Trinajstić information content (AvgIpc) is 2.25. The molecule has 0 aromatic carbocycles. The second kappa shape index (κ2) is 5.69. The first-order valence-electron chi connectivity index (χ1n) is 4.96. The molecule has 1 aliphatic carbocycles. The first-order chi connectivity index (χ1) is 7.58. The maximum absolute atomic E-state index is 5.23. The second-order valence-corrected chi connectivity index (χ2v) is 3.49. The SMILES string of the molecule is NC(N)=[NH+]N=C1CCC(=N[NH+]=C(N)N)CC1. The summed E-state index contributed by atoms with van der Waals surface area (Å²) in [6, 6.07) is 0. The third-order valence-electron chi connectivity index (χ3n) is 2.09. The monoisotopic (exact) mass is 226 g/mol. The van der Waals surface area contributed by atoms with Gasteiger partial charge in [0.1, 0.15) is 0 Å². The molecule has 88 valence electrons. The van der Waals surface area contributed by atoms with Gasteiger partial charge in [0.15, 0.2) is 0 Å². The molecule has 10 N–H and O–H groups in total. The summed E-state index contributed by atoms with van der Waals surface area (Å²) < 4.78 is 0. The summed E-state index contributed by atoms with van der Waals surface area (Å²) in [7, 11) is 0. The summed E-state index contributed by atoms with van der Waals surface area (Å²) in [5, 5.41) is 13.2. The molecule has 0 aromatic heterocycles. The Morgan fingerprint density at radius 2 is 1.06 bits per heavy atom. The van der Waals surface area contributed by atoms with Crippen LogP contribution in [0.4, 0.5) is 0 Å². The maximum atomic E-state index is 5.23. The van der Waals surface area contributed by atoms with Crippen molar-refractivity contribution in [2.75, 3.05) is 0 Å². The van der Waals surface area contributed by atoms with E-state index in [0.29, 0.717) is 0 Å². The van der Waals surface area contributed by atoms with Crippen molar-refractivity contribution in [3.63, 3.8) is 0 Å². The Kier molecular flexibility index (Phi) is 4.25. The summed E-state index contributed by atoms with van der Waals surface area (Å²) in [5.41, 5.74) is 23.0. The Morgan fingerprint density at radius 1 is 0.750 bits per heavy atom. The highest BCUT2D eigenvalue weighted by molar-refractivity contribution is 5.97. The van der Waals surface area contributed by atoms with Gasteiger partial charge in [0.05, 0.1) is 11.4 Å². The van der Waals surface area contributed by atoms with E-state index in [1.54, 1.807) is 0 Å². The summed E-state index contributed by atoms with van der Waals surface area (Å²) in [4.78, 5) is 0. The van der Waals surface area contributed by atoms with Crippen molar-refractivity contribution in [2.24, 2.45) is 33.1 Å². The number of nitrogens with zero attached hydrogens (tertiary/aromatic N) is 2. The number of nitrogens with two attached hydrogens (primary N) is 4. The van der Waals surface area contributed by atoms with Crippen LogP contribution in [0.25, 0.3) is 0 Å². The van der Waals surface area contributed by atoms with Crippen LogP contribution < -0.4 is 33.1 Å². The Balaban J connectivity index is 2.52. The smallest absolute Gasteiger partial charge is 0.289 e. The first kappa shape index (κ1) is 12.0. The molecular formula is C8H18N8+2. The van der Waals surface area contributed by atoms with Crippen molar-refractivity contribution >= 4 is 23.3 Å². The van der Waals surface area contributed by atoms with Crippen molar-refractivity contribution in [3.05, 3.63) is 0 Å². The molecule has 1 fully saturated rings. The largest absolute Gasteiger partial charge is 0.362 e. The lowest BCUT2D eigenvalue weighted by Crippen LogP contribution is -2.73. The van der Waals surface area contributed by atoms with E-state index in [4.69, 9.17) is 22.9 Å². The molecule has 1 saturated carbocycles. The molecule has 0 atom stereocenters. The third-order valence-corrected chi connectivity index (χ3v) is 2.09. The van der Waals surface area contributed by atoms with Gasteiger partial charge in [-0.3, -0.25) is 22.9 Å². The highest BCUT2D eigenvalue weighted by Crippen LogP contribution is 2.11. The Bertz CT molecular complexity index is 308. The van der Waals surface area contributed by atoms with E-state index >= 15 is 0 Å². The molecule has 16 heavy (non-hydrogen) atoms. The molecule has 0 spiro atoms. The zero-order valence-electron chi connectivity index (χ0n) is 9.03. The van der Waals surface area contributed by atoms with Gasteiger partial charge >= 0.3 is 11.9 Å². The van der Waals surface area contributed by atoms with Gasteiger partial charge in [0.2, 0.25) is 0 Å². The van der Waals surface area contributed by atoms with Crippen molar-refractivity contribution in [1.29, 1.82) is 0 Å². The molecule has 8 nitrogen and oxygen atoms in total. The molecule has 0 unspecified atom stereocenters. The first-order valence-corrected chi connectivity index (χ1v) is 4.96. The van der Waals surface area contributed by atoms with Crippen LogP contribution in [0.15, 0.2) is 10.2 Å². The fraction of sp³-hybridized carbons (Fsp3) is 0.500. The predicted molar refractivity (Wildman–Crippen MR) is 62.0 cm³/mol. The number of hydrazone groups is 2. The van der Waals surface area contributed by atoms with E-state index in [2.05, 4.69) is 20.4 Å². The van der Waals surface area contributed by atoms with Gasteiger partial charge in [0.25, 0.3) is 0 Å². The fourth-order valence-electron chi connectivity index (χ4n) is 1.34. The van der Waals surface area contributed by atoms with Gasteiger partial charge in [-0.1, -0.05) is 0 Å². The normalized spacial score (nSPS) is 15.2. The van der Waals surface area contributed by atoms with Crippen molar-refractivity contribution in [3.8, 4) is 0 Å². The van der Waals surface area contributed by atoms with E-state index in [0.717, 1.165) is 37.1 Å². The van der Waals surface area contributed by atoms with E-state index in [1.807, 2.05) is 0 Å². The summed E-state index contributed by atoms with van der Waals surface area (Å²) >= 11 is 0. The third kappa shape index (κ3) is 4.40. The topological polar surface area (TPSA) is 157 Å². The maximum Gasteiger partial charge on any atom is 0.362 e. The lowest BCUT2D eigenvalue weighted by atomic mass is 9.97. The number of guanidine groups is 2. The highest BCUT2D eigenvalue weighted by Gasteiger charge is 2.13. The molecule has 0 aromatic rings. The average molecular weight is 226 g/mol. The quantitative estimate of drug-likeness (QED) is 0.158. The second-order valence-electron chi connectivity index (χ2n) is 3.49. The molecule has 0 heterocycles. The van der Waals surface area contributed by atoms with Gasteiger partial charge in [-0.2, -0.15) is 10.2 Å². The van der Waals surface area contributed by atoms with Crippen LogP contribution in [0.3, 0.4) is 0 Å². The zero-order valence-corrected chi connectivity index (χ0v) is 9.03. The van der Waals surface area contributed by atoms with Gasteiger partial charge in [-0.25, -0.2) is 0 Å². The van der Waals surface area contributed by atoms with Crippen LogP contribution in [0.2, 0.25) is 0 Å². The van der Waals surface area contributed by atoms with E-state index < -0.39 is 0 Å². The minimum Gasteiger partial charge on any atom is -0.289 e. The van der Waals surface area contributed by atoms with Crippen molar-refractivity contribution < 1.29 is 10.2 Å². The molecule has 1 rings (SSSR count). The van der Waals surface area contributed by atoms with E-state index in [-0.39, 0.29) is 11.9 Å². The minimum absolute atomic E-state index is 0.0964. The standard InChI is InChI=1S/C8H16N8/c9-7(10)15-13-5-1-2-6(4-3-5)14-16-8(11)12/h1-4H2,(H4,9,10,15)(H4,11,12,16)/p+2. The molecule has 0 saturated heterocycles. The van der Waals surface area contributed by atoms with Gasteiger partial charge in [-0.15, -0.1) is 10.2 Å². The van der Waals surface area contributed by atoms with Gasteiger partial charge in [0, 0.05) is 0 Å². The van der Waals surface area contributed by atoms with Crippen molar-refractivity contribution in [1.82, 2.24) is 0 Å². The van der Waals surface area contributed by atoms with Crippen LogP contribution in [0.5, 0.6) is 0 Å². The van der Waals surface area contributed by atoms with Gasteiger partial charge in [-0.05, 0) is 25.7 Å².